The smallest absolute Gasteiger partial charge is 0.299 e. The average molecular weight is 432 g/mol. The topological polar surface area (TPSA) is 130 Å². The molecule has 3 rings (SSSR count). The number of hydrogen-bond donors (Lipinski definition) is 2. The lowest BCUT2D eigenvalue weighted by Crippen LogP contribution is -2.62. The van der Waals surface area contributed by atoms with E-state index in [1.54, 1.807) is 19.1 Å². The average Bonchev–Trinajstić information content (AvgIpc) is 2.70. The highest BCUT2D eigenvalue weighted by Gasteiger charge is 2.43. The number of aliphatic hydroxyl groups is 1. The fourth-order valence-electron chi connectivity index (χ4n) is 3.01. The molecule has 0 saturated carbocycles. The minimum atomic E-state index is -4.19. The second kappa shape index (κ2) is 8.34. The number of rotatable bonds is 7. The van der Waals surface area contributed by atoms with Crippen molar-refractivity contribution < 1.29 is 32.1 Å². The Morgan fingerprint density at radius 2 is 2.00 bits per heavy atom. The normalized spacial score (nSPS) is 17.2. The molecule has 2 N–H and O–H groups in total. The Bertz CT molecular complexity index is 1110. The molecule has 158 valence electrons. The van der Waals surface area contributed by atoms with Crippen molar-refractivity contribution in [2.45, 2.75) is 37.5 Å². The Balaban J connectivity index is 1.71. The largest absolute Gasteiger partial charge is 0.378 e. The molecule has 2 unspecified atom stereocenters. The molecule has 2 aromatic rings. The number of aliphatic hydroxyl groups excluding tert-OH is 1. The second-order valence-electron chi connectivity index (χ2n) is 6.91. The molecule has 1 fully saturated rings. The van der Waals surface area contributed by atoms with Gasteiger partial charge in [-0.1, -0.05) is 35.9 Å². The maximum absolute atomic E-state index is 12.6. The van der Waals surface area contributed by atoms with Crippen LogP contribution in [0.15, 0.2) is 47.4 Å². The Morgan fingerprint density at radius 1 is 1.27 bits per heavy atom. The van der Waals surface area contributed by atoms with E-state index in [9.17, 15) is 27.9 Å². The van der Waals surface area contributed by atoms with E-state index in [0.29, 0.717) is 11.8 Å². The fraction of sp³-hybridized carbons (Fsp3) is 0.250. The molecule has 0 bridgehead atoms. The number of benzene rings is 2. The summed E-state index contributed by atoms with van der Waals surface area (Å²) in [5, 5.41) is 10.9. The van der Waals surface area contributed by atoms with Gasteiger partial charge in [0.05, 0.1) is 11.3 Å². The summed E-state index contributed by atoms with van der Waals surface area (Å²) in [4.78, 5) is 35.0. The molecule has 10 heteroatoms. The van der Waals surface area contributed by atoms with Crippen molar-refractivity contribution in [3.8, 4) is 0 Å². The molecule has 2 aromatic carbocycles. The number of nitrogens with zero attached hydrogens (tertiary/aromatic N) is 1. The SMILES string of the molecule is Cc1ccc(S(=O)(=O)OC2CC(=O)N2NC(=O)C(O)c2cccc(C=O)c2)c(C)c1. The summed E-state index contributed by atoms with van der Waals surface area (Å²) in [5.41, 5.74) is 3.94. The number of aryl methyl sites for hydroxylation is 2. The maximum atomic E-state index is 12.6. The van der Waals surface area contributed by atoms with Gasteiger partial charge >= 0.3 is 0 Å². The van der Waals surface area contributed by atoms with Crippen molar-refractivity contribution in [1.82, 2.24) is 10.4 Å². The second-order valence-corrected chi connectivity index (χ2v) is 8.45. The van der Waals surface area contributed by atoms with Gasteiger partial charge in [-0.2, -0.15) is 8.42 Å². The molecule has 1 aliphatic heterocycles. The van der Waals surface area contributed by atoms with Crippen LogP contribution >= 0.6 is 0 Å². The highest BCUT2D eigenvalue weighted by Crippen LogP contribution is 2.26. The number of amides is 2. The van der Waals surface area contributed by atoms with E-state index in [1.807, 2.05) is 6.92 Å². The van der Waals surface area contributed by atoms with Crippen LogP contribution in [-0.2, 0) is 23.9 Å². The molecule has 9 nitrogen and oxygen atoms in total. The number of carbonyl (C=O) groups excluding carboxylic acids is 3. The number of hydrazine groups is 1. The maximum Gasteiger partial charge on any atom is 0.299 e. The van der Waals surface area contributed by atoms with Crippen LogP contribution in [0, 0.1) is 13.8 Å². The molecule has 0 aromatic heterocycles. The first-order valence-corrected chi connectivity index (χ1v) is 10.4. The van der Waals surface area contributed by atoms with Crippen LogP contribution in [-0.4, -0.2) is 42.9 Å². The number of aldehydes is 1. The van der Waals surface area contributed by atoms with Gasteiger partial charge in [0, 0.05) is 5.56 Å². The van der Waals surface area contributed by atoms with Crippen molar-refractivity contribution in [3.05, 3.63) is 64.7 Å². The summed E-state index contributed by atoms with van der Waals surface area (Å²) < 4.78 is 30.3. The Labute approximate surface area is 173 Å². The lowest BCUT2D eigenvalue weighted by molar-refractivity contribution is -0.174. The summed E-state index contributed by atoms with van der Waals surface area (Å²) in [6.45, 7) is 3.45. The lowest BCUT2D eigenvalue weighted by atomic mass is 10.1. The van der Waals surface area contributed by atoms with Crippen molar-refractivity contribution >= 4 is 28.2 Å². The third kappa shape index (κ3) is 4.40. The van der Waals surface area contributed by atoms with Gasteiger partial charge in [-0.05, 0) is 37.1 Å². The minimum absolute atomic E-state index is 0.0376. The minimum Gasteiger partial charge on any atom is -0.378 e. The predicted octanol–water partition coefficient (Wildman–Crippen LogP) is 1.14. The van der Waals surface area contributed by atoms with Gasteiger partial charge < -0.3 is 5.11 Å². The number of carbonyl (C=O) groups is 3. The molecule has 1 heterocycles. The van der Waals surface area contributed by atoms with Gasteiger partial charge in [0.25, 0.3) is 16.0 Å². The first-order valence-electron chi connectivity index (χ1n) is 8.98. The molecule has 2 atom stereocenters. The van der Waals surface area contributed by atoms with Crippen molar-refractivity contribution in [2.75, 3.05) is 0 Å². The van der Waals surface area contributed by atoms with E-state index in [2.05, 4.69) is 5.43 Å². The van der Waals surface area contributed by atoms with Crippen LogP contribution in [0.3, 0.4) is 0 Å². The molecule has 0 radical (unpaired) electrons. The van der Waals surface area contributed by atoms with E-state index in [-0.39, 0.29) is 22.4 Å². The fourth-order valence-corrected chi connectivity index (χ4v) is 4.25. The summed E-state index contributed by atoms with van der Waals surface area (Å²) in [7, 11) is -4.19. The first-order chi connectivity index (χ1) is 14.1. The van der Waals surface area contributed by atoms with Crippen LogP contribution in [0.4, 0.5) is 0 Å². The molecule has 0 aliphatic carbocycles. The van der Waals surface area contributed by atoms with E-state index in [1.165, 1.54) is 30.3 Å². The van der Waals surface area contributed by atoms with Crippen molar-refractivity contribution in [3.63, 3.8) is 0 Å². The van der Waals surface area contributed by atoms with Crippen LogP contribution < -0.4 is 5.43 Å². The quantitative estimate of drug-likeness (QED) is 0.381. The zero-order valence-corrected chi connectivity index (χ0v) is 17.0. The van der Waals surface area contributed by atoms with E-state index < -0.39 is 34.3 Å². The van der Waals surface area contributed by atoms with Crippen molar-refractivity contribution in [1.29, 1.82) is 0 Å². The van der Waals surface area contributed by atoms with E-state index >= 15 is 0 Å². The summed E-state index contributed by atoms with van der Waals surface area (Å²) in [5.74, 6) is -1.54. The van der Waals surface area contributed by atoms with Crippen LogP contribution in [0.2, 0.25) is 0 Å². The van der Waals surface area contributed by atoms with Gasteiger partial charge in [0.1, 0.15) is 6.29 Å². The zero-order chi connectivity index (χ0) is 22.1. The third-order valence-electron chi connectivity index (χ3n) is 4.58. The molecular weight excluding hydrogens is 412 g/mol. The number of nitrogens with one attached hydrogen (secondary N) is 1. The van der Waals surface area contributed by atoms with Gasteiger partial charge in [0.15, 0.2) is 12.3 Å². The summed E-state index contributed by atoms with van der Waals surface area (Å²) >= 11 is 0. The van der Waals surface area contributed by atoms with Gasteiger partial charge in [0.2, 0.25) is 5.91 Å². The van der Waals surface area contributed by atoms with Crippen LogP contribution in [0.25, 0.3) is 0 Å². The Morgan fingerprint density at radius 3 is 2.63 bits per heavy atom. The first kappa shape index (κ1) is 21.6. The van der Waals surface area contributed by atoms with Crippen molar-refractivity contribution in [2.24, 2.45) is 0 Å². The standard InChI is InChI=1S/C20H20N2O7S/c1-12-6-7-16(13(2)8-12)30(27,28)29-18-10-17(24)22(18)21-20(26)19(25)15-5-3-4-14(9-15)11-23/h3-9,11,18-19,25H,10H2,1-2H3,(H,21,26). The molecule has 0 spiro atoms. The Hall–Kier alpha value is -3.08. The van der Waals surface area contributed by atoms with Crippen LogP contribution in [0.5, 0.6) is 0 Å². The zero-order valence-electron chi connectivity index (χ0n) is 16.2. The highest BCUT2D eigenvalue weighted by molar-refractivity contribution is 7.86. The predicted molar refractivity (Wildman–Crippen MR) is 104 cm³/mol. The molecule has 1 aliphatic rings. The molecule has 30 heavy (non-hydrogen) atoms. The Kier molecular flexibility index (Phi) is 6.01. The summed E-state index contributed by atoms with van der Waals surface area (Å²) in [6, 6.07) is 10.5. The molecule has 2 amide bonds. The van der Waals surface area contributed by atoms with Gasteiger partial charge in [-0.15, -0.1) is 0 Å². The van der Waals surface area contributed by atoms with Gasteiger partial charge in [-0.25, -0.2) is 9.19 Å². The number of β-lactam (4-membered cyclic amide) rings is 1. The third-order valence-corrected chi connectivity index (χ3v) is 6.06. The summed E-state index contributed by atoms with van der Waals surface area (Å²) in [6.07, 6.45) is -2.59. The highest BCUT2D eigenvalue weighted by atomic mass is 32.2. The molecular formula is C20H20N2O7S. The van der Waals surface area contributed by atoms with E-state index in [0.717, 1.165) is 10.6 Å². The van der Waals surface area contributed by atoms with Gasteiger partial charge in [-0.3, -0.25) is 19.8 Å². The monoisotopic (exact) mass is 432 g/mol. The van der Waals surface area contributed by atoms with Crippen LogP contribution in [0.1, 0.15) is 39.6 Å². The lowest BCUT2D eigenvalue weighted by Gasteiger charge is -2.38. The van der Waals surface area contributed by atoms with E-state index in [4.69, 9.17) is 4.18 Å². The molecule has 1 saturated heterocycles. The number of hydrogen-bond acceptors (Lipinski definition) is 7.